The Bertz CT molecular complexity index is 837. The lowest BCUT2D eigenvalue weighted by Gasteiger charge is -2.29. The molecule has 1 fully saturated rings. The zero-order valence-electron chi connectivity index (χ0n) is 21.4. The van der Waals surface area contributed by atoms with Crippen molar-refractivity contribution in [3.05, 3.63) is 73.0 Å². The summed E-state index contributed by atoms with van der Waals surface area (Å²) in [6.45, 7) is 21.8. The van der Waals surface area contributed by atoms with E-state index in [1.54, 1.807) is 6.08 Å². The minimum atomic E-state index is 0.551. The number of ether oxygens (including phenoxy) is 1. The third kappa shape index (κ3) is 7.69. The maximum absolute atomic E-state index is 5.81. The van der Waals surface area contributed by atoms with Gasteiger partial charge >= 0.3 is 0 Å². The fourth-order valence-corrected chi connectivity index (χ4v) is 4.56. The van der Waals surface area contributed by atoms with E-state index in [4.69, 9.17) is 4.74 Å². The van der Waals surface area contributed by atoms with Gasteiger partial charge in [-0.2, -0.15) is 0 Å². The molecule has 0 atom stereocenters. The standard InChI is InChI=1S/C27H34O.2C2H6/c1-5-8-9-10-21-11-13-22(14-12-21)23-15-17-26-24(19-23)16-18-27(25(26)7-3)28-20(4)6-2;2*1-2/h6-7,15-19,21-22H,2-5,8-14H2,1H3;2*1-2H3. The third-order valence-electron chi connectivity index (χ3n) is 6.25. The van der Waals surface area contributed by atoms with Gasteiger partial charge in [0.15, 0.2) is 0 Å². The molecule has 1 saturated carbocycles. The second kappa shape index (κ2) is 15.5. The molecule has 0 N–H and O–H groups in total. The molecule has 176 valence electrons. The van der Waals surface area contributed by atoms with E-state index in [9.17, 15) is 0 Å². The molecule has 1 heteroatoms. The SMILES string of the molecule is C=CC(=C)Oc1ccc2cc(C3CCC(CCCCC)CC3)ccc2c1C=C.CC.CC. The molecule has 0 bridgehead atoms. The van der Waals surface area contributed by atoms with Crippen molar-refractivity contribution in [1.82, 2.24) is 0 Å². The molecule has 1 nitrogen and oxygen atoms in total. The molecule has 0 radical (unpaired) electrons. The van der Waals surface area contributed by atoms with Crippen molar-refractivity contribution in [3.63, 3.8) is 0 Å². The highest BCUT2D eigenvalue weighted by Gasteiger charge is 2.22. The highest BCUT2D eigenvalue weighted by molar-refractivity contribution is 5.93. The molecular weight excluding hydrogens is 388 g/mol. The van der Waals surface area contributed by atoms with Gasteiger partial charge in [0.25, 0.3) is 0 Å². The molecule has 1 aliphatic rings. The van der Waals surface area contributed by atoms with Gasteiger partial charge in [-0.3, -0.25) is 0 Å². The molecule has 0 amide bonds. The molecule has 2 aromatic carbocycles. The predicted molar refractivity (Wildman–Crippen MR) is 146 cm³/mol. The lowest BCUT2D eigenvalue weighted by molar-refractivity contribution is 0.303. The van der Waals surface area contributed by atoms with Crippen LogP contribution in [0.3, 0.4) is 0 Å². The lowest BCUT2D eigenvalue weighted by Crippen LogP contribution is -2.13. The number of unbranched alkanes of at least 4 members (excludes halogenated alkanes) is 2. The highest BCUT2D eigenvalue weighted by Crippen LogP contribution is 2.39. The predicted octanol–water partition coefficient (Wildman–Crippen LogP) is 10.5. The molecule has 0 heterocycles. The number of rotatable bonds is 9. The Morgan fingerprint density at radius 3 is 2.25 bits per heavy atom. The van der Waals surface area contributed by atoms with Crippen LogP contribution in [-0.4, -0.2) is 0 Å². The van der Waals surface area contributed by atoms with Crippen LogP contribution < -0.4 is 4.74 Å². The largest absolute Gasteiger partial charge is 0.457 e. The average Bonchev–Trinajstić information content (AvgIpc) is 2.86. The van der Waals surface area contributed by atoms with Crippen LogP contribution in [-0.2, 0) is 0 Å². The Labute approximate surface area is 198 Å². The Morgan fingerprint density at radius 2 is 1.66 bits per heavy atom. The van der Waals surface area contributed by atoms with E-state index in [2.05, 4.69) is 50.9 Å². The lowest BCUT2D eigenvalue weighted by atomic mass is 9.76. The minimum absolute atomic E-state index is 0.551. The fourth-order valence-electron chi connectivity index (χ4n) is 4.56. The van der Waals surface area contributed by atoms with E-state index in [0.717, 1.165) is 17.2 Å². The number of hydrogen-bond donors (Lipinski definition) is 0. The van der Waals surface area contributed by atoms with E-state index in [0.29, 0.717) is 11.7 Å². The van der Waals surface area contributed by atoms with Gasteiger partial charge in [-0.1, -0.05) is 110 Å². The van der Waals surface area contributed by atoms with E-state index in [-0.39, 0.29) is 0 Å². The van der Waals surface area contributed by atoms with Crippen molar-refractivity contribution >= 4 is 16.8 Å². The summed E-state index contributed by atoms with van der Waals surface area (Å²) in [5.74, 6) is 2.99. The summed E-state index contributed by atoms with van der Waals surface area (Å²) in [5.41, 5.74) is 2.50. The van der Waals surface area contributed by atoms with E-state index in [1.807, 2.05) is 39.8 Å². The molecule has 32 heavy (non-hydrogen) atoms. The van der Waals surface area contributed by atoms with E-state index in [1.165, 1.54) is 67.7 Å². The van der Waals surface area contributed by atoms with E-state index < -0.39 is 0 Å². The first-order valence-electron chi connectivity index (χ1n) is 12.8. The smallest absolute Gasteiger partial charge is 0.135 e. The topological polar surface area (TPSA) is 9.23 Å². The number of hydrogen-bond acceptors (Lipinski definition) is 1. The molecular formula is C31H46O. The summed E-state index contributed by atoms with van der Waals surface area (Å²) in [7, 11) is 0. The summed E-state index contributed by atoms with van der Waals surface area (Å²) in [5, 5.41) is 2.44. The zero-order chi connectivity index (χ0) is 23.9. The van der Waals surface area contributed by atoms with Crippen LogP contribution in [0.1, 0.15) is 103 Å². The molecule has 0 aromatic heterocycles. The van der Waals surface area contributed by atoms with Gasteiger partial charge in [-0.05, 0) is 66.0 Å². The van der Waals surface area contributed by atoms with E-state index >= 15 is 0 Å². The molecule has 0 unspecified atom stereocenters. The first kappa shape index (κ1) is 27.8. The Balaban J connectivity index is 0.00000121. The second-order valence-corrected chi connectivity index (χ2v) is 8.15. The van der Waals surface area contributed by atoms with Crippen molar-refractivity contribution in [1.29, 1.82) is 0 Å². The summed E-state index contributed by atoms with van der Waals surface area (Å²) in [6, 6.07) is 11.1. The van der Waals surface area contributed by atoms with Gasteiger partial charge in [0, 0.05) is 5.56 Å². The first-order chi connectivity index (χ1) is 15.7. The maximum atomic E-state index is 5.81. The van der Waals surface area contributed by atoms with Crippen LogP contribution in [0.15, 0.2) is 61.9 Å². The van der Waals surface area contributed by atoms with Gasteiger partial charge in [-0.25, -0.2) is 0 Å². The van der Waals surface area contributed by atoms with Crippen LogP contribution in [0, 0.1) is 5.92 Å². The summed E-state index contributed by atoms with van der Waals surface area (Å²) in [4.78, 5) is 0. The molecule has 1 aliphatic carbocycles. The van der Waals surface area contributed by atoms with Crippen molar-refractivity contribution < 1.29 is 4.74 Å². The zero-order valence-corrected chi connectivity index (χ0v) is 21.4. The second-order valence-electron chi connectivity index (χ2n) is 8.15. The summed E-state index contributed by atoms with van der Waals surface area (Å²) >= 11 is 0. The Hall–Kier alpha value is -2.28. The van der Waals surface area contributed by atoms with Crippen molar-refractivity contribution in [2.75, 3.05) is 0 Å². The van der Waals surface area contributed by atoms with Gasteiger partial charge < -0.3 is 4.74 Å². The van der Waals surface area contributed by atoms with Crippen molar-refractivity contribution in [2.24, 2.45) is 5.92 Å². The number of fused-ring (bicyclic) bond motifs is 1. The van der Waals surface area contributed by atoms with Gasteiger partial charge in [-0.15, -0.1) is 0 Å². The highest BCUT2D eigenvalue weighted by atomic mass is 16.5. The van der Waals surface area contributed by atoms with Crippen LogP contribution in [0.2, 0.25) is 0 Å². The van der Waals surface area contributed by atoms with Gasteiger partial charge in [0.05, 0.1) is 0 Å². The van der Waals surface area contributed by atoms with Gasteiger partial charge in [0.2, 0.25) is 0 Å². The molecule has 2 aromatic rings. The quantitative estimate of drug-likeness (QED) is 0.217. The Morgan fingerprint density at radius 1 is 0.969 bits per heavy atom. The van der Waals surface area contributed by atoms with Crippen molar-refractivity contribution in [2.45, 2.75) is 91.9 Å². The maximum Gasteiger partial charge on any atom is 0.135 e. The van der Waals surface area contributed by atoms with Crippen LogP contribution >= 0.6 is 0 Å². The van der Waals surface area contributed by atoms with Crippen LogP contribution in [0.25, 0.3) is 16.8 Å². The van der Waals surface area contributed by atoms with Crippen molar-refractivity contribution in [3.8, 4) is 5.75 Å². The van der Waals surface area contributed by atoms with Gasteiger partial charge in [0.1, 0.15) is 11.5 Å². The number of allylic oxidation sites excluding steroid dienone is 1. The fraction of sp³-hybridized carbons (Fsp3) is 0.484. The monoisotopic (exact) mass is 434 g/mol. The molecule has 3 rings (SSSR count). The summed E-state index contributed by atoms with van der Waals surface area (Å²) in [6.07, 6.45) is 14.5. The van der Waals surface area contributed by atoms with Crippen LogP contribution in [0.4, 0.5) is 0 Å². The molecule has 0 saturated heterocycles. The Kier molecular flexibility index (Phi) is 13.5. The van der Waals surface area contributed by atoms with Crippen LogP contribution in [0.5, 0.6) is 5.75 Å². The average molecular weight is 435 g/mol. The molecule has 0 aliphatic heterocycles. The third-order valence-corrected chi connectivity index (χ3v) is 6.25. The number of benzene rings is 2. The normalized spacial score (nSPS) is 17.3. The first-order valence-corrected chi connectivity index (χ1v) is 12.8. The summed E-state index contributed by atoms with van der Waals surface area (Å²) < 4.78 is 5.81. The molecule has 0 spiro atoms. The minimum Gasteiger partial charge on any atom is -0.457 e.